The predicted molar refractivity (Wildman–Crippen MR) is 172 cm³/mol. The molecule has 0 bridgehead atoms. The second-order valence-electron chi connectivity index (χ2n) is 10.9. The van der Waals surface area contributed by atoms with Crippen molar-refractivity contribution in [3.8, 4) is 5.75 Å². The van der Waals surface area contributed by atoms with Gasteiger partial charge < -0.3 is 43.3 Å². The first kappa shape index (κ1) is 33.2. The number of anilines is 2. The van der Waals surface area contributed by atoms with Gasteiger partial charge in [0.25, 0.3) is 0 Å². The number of benzene rings is 2. The molecular weight excluding hydrogens is 609 g/mol. The number of aliphatic hydroxyl groups is 1. The molecule has 3 atom stereocenters. The molecule has 3 aliphatic rings. The van der Waals surface area contributed by atoms with Crippen LogP contribution in [0, 0.1) is 0 Å². The molecular formula is C32H43Cl2N3O7. The molecule has 2 fully saturated rings. The van der Waals surface area contributed by atoms with Gasteiger partial charge in [0.05, 0.1) is 61.1 Å². The smallest absolute Gasteiger partial charge is 0.188 e. The maximum Gasteiger partial charge on any atom is 0.188 e. The Labute approximate surface area is 269 Å². The van der Waals surface area contributed by atoms with Crippen LogP contribution in [0.15, 0.2) is 42.5 Å². The Bertz CT molecular complexity index is 1210. The summed E-state index contributed by atoms with van der Waals surface area (Å²) in [6.07, 6.45) is 4.39. The summed E-state index contributed by atoms with van der Waals surface area (Å²) in [6, 6.07) is 11.7. The van der Waals surface area contributed by atoms with Crippen molar-refractivity contribution in [2.24, 2.45) is 0 Å². The van der Waals surface area contributed by atoms with Crippen LogP contribution in [0.25, 0.3) is 6.08 Å². The molecule has 0 saturated carbocycles. The molecule has 2 aromatic rings. The molecule has 0 radical (unpaired) electrons. The fourth-order valence-electron chi connectivity index (χ4n) is 5.27. The van der Waals surface area contributed by atoms with Crippen LogP contribution in [0.1, 0.15) is 18.4 Å². The fourth-order valence-corrected chi connectivity index (χ4v) is 5.68. The summed E-state index contributed by atoms with van der Waals surface area (Å²) in [5, 5.41) is 11.9. The van der Waals surface area contributed by atoms with Crippen molar-refractivity contribution in [3.05, 3.63) is 58.1 Å². The lowest BCUT2D eigenvalue weighted by atomic mass is 10.1. The number of epoxide rings is 1. The molecule has 3 unspecified atom stereocenters. The van der Waals surface area contributed by atoms with Gasteiger partial charge >= 0.3 is 0 Å². The predicted octanol–water partition coefficient (Wildman–Crippen LogP) is 4.50. The van der Waals surface area contributed by atoms with Gasteiger partial charge in [-0.2, -0.15) is 0 Å². The van der Waals surface area contributed by atoms with E-state index in [1.54, 1.807) is 18.1 Å². The third kappa shape index (κ3) is 9.45. The van der Waals surface area contributed by atoms with E-state index in [-0.39, 0.29) is 19.1 Å². The highest BCUT2D eigenvalue weighted by molar-refractivity contribution is 6.43. The Kier molecular flexibility index (Phi) is 12.8. The van der Waals surface area contributed by atoms with Crippen LogP contribution in [0.5, 0.6) is 5.75 Å². The average molecular weight is 653 g/mol. The molecule has 5 rings (SSSR count). The van der Waals surface area contributed by atoms with Gasteiger partial charge in [-0.15, -0.1) is 0 Å². The quantitative estimate of drug-likeness (QED) is 0.184. The summed E-state index contributed by atoms with van der Waals surface area (Å²) in [6.45, 7) is 8.23. The molecule has 0 aromatic heterocycles. The maximum atomic E-state index is 10.7. The van der Waals surface area contributed by atoms with Gasteiger partial charge in [-0.3, -0.25) is 4.90 Å². The number of unbranched alkanes of at least 4 members (excludes halogenated alkanes) is 1. The van der Waals surface area contributed by atoms with E-state index in [0.29, 0.717) is 49.7 Å². The molecule has 0 amide bonds. The lowest BCUT2D eigenvalue weighted by Gasteiger charge is -2.36. The number of nitrogens with zero attached hydrogens (tertiary/aromatic N) is 3. The summed E-state index contributed by atoms with van der Waals surface area (Å²) in [7, 11) is 1.64. The van der Waals surface area contributed by atoms with E-state index in [1.807, 2.05) is 42.5 Å². The normalized spacial score (nSPS) is 21.5. The molecule has 2 saturated heterocycles. The molecule has 2 aromatic carbocycles. The van der Waals surface area contributed by atoms with Gasteiger partial charge in [0, 0.05) is 39.4 Å². The maximum absolute atomic E-state index is 10.7. The van der Waals surface area contributed by atoms with Gasteiger partial charge in [-0.1, -0.05) is 35.3 Å². The molecule has 0 aliphatic carbocycles. The molecule has 10 nitrogen and oxygen atoms in total. The van der Waals surface area contributed by atoms with Crippen molar-refractivity contribution in [1.82, 2.24) is 4.90 Å². The van der Waals surface area contributed by atoms with Crippen LogP contribution < -0.4 is 14.5 Å². The molecule has 12 heteroatoms. The van der Waals surface area contributed by atoms with E-state index >= 15 is 0 Å². The summed E-state index contributed by atoms with van der Waals surface area (Å²) < 4.78 is 33.5. The number of methoxy groups -OCH3 is 1. The third-order valence-corrected chi connectivity index (χ3v) is 8.67. The van der Waals surface area contributed by atoms with E-state index in [4.69, 9.17) is 51.6 Å². The summed E-state index contributed by atoms with van der Waals surface area (Å²) in [4.78, 5) is 6.58. The number of ether oxygens (including phenoxy) is 6. The van der Waals surface area contributed by atoms with Crippen molar-refractivity contribution in [2.75, 3.05) is 96.0 Å². The van der Waals surface area contributed by atoms with Gasteiger partial charge in [0.2, 0.25) is 0 Å². The highest BCUT2D eigenvalue weighted by Crippen LogP contribution is 2.34. The van der Waals surface area contributed by atoms with Crippen molar-refractivity contribution >= 4 is 40.7 Å². The van der Waals surface area contributed by atoms with Crippen molar-refractivity contribution < 1.29 is 33.5 Å². The van der Waals surface area contributed by atoms with E-state index in [9.17, 15) is 5.11 Å². The second-order valence-corrected chi connectivity index (χ2v) is 11.7. The number of rotatable bonds is 18. The van der Waals surface area contributed by atoms with E-state index in [2.05, 4.69) is 9.80 Å². The fraction of sp³-hybridized carbons (Fsp3) is 0.562. The molecule has 44 heavy (non-hydrogen) atoms. The number of fused-ring (bicyclic) bond motifs is 1. The number of hydrogen-bond donors (Lipinski definition) is 1. The monoisotopic (exact) mass is 651 g/mol. The molecule has 1 N–H and O–H groups in total. The SMILES string of the molecule is COCCOCCOCC1OC1OCN1c2cc(OCCCCN3CCN(c4cccc(Cl)c4Cl)CC3)ccc2C=CC1O. The molecule has 3 aliphatic heterocycles. The number of halogens is 2. The largest absolute Gasteiger partial charge is 0.494 e. The van der Waals surface area contributed by atoms with Crippen molar-refractivity contribution in [1.29, 1.82) is 0 Å². The van der Waals surface area contributed by atoms with Crippen LogP contribution in [0.4, 0.5) is 11.4 Å². The highest BCUT2D eigenvalue weighted by atomic mass is 35.5. The topological polar surface area (TPSA) is 88.6 Å². The number of piperazine rings is 1. The first-order chi connectivity index (χ1) is 21.5. The van der Waals surface area contributed by atoms with Crippen LogP contribution in [0.2, 0.25) is 10.0 Å². The Morgan fingerprint density at radius 2 is 1.75 bits per heavy atom. The molecule has 242 valence electrons. The minimum absolute atomic E-state index is 0.120. The van der Waals surface area contributed by atoms with Crippen LogP contribution in [-0.2, 0) is 23.7 Å². The zero-order valence-corrected chi connectivity index (χ0v) is 26.8. The van der Waals surface area contributed by atoms with E-state index in [0.717, 1.165) is 68.3 Å². The molecule has 0 spiro atoms. The first-order valence-electron chi connectivity index (χ1n) is 15.3. The van der Waals surface area contributed by atoms with Crippen LogP contribution >= 0.6 is 23.2 Å². The lowest BCUT2D eigenvalue weighted by molar-refractivity contribution is 0.0207. The minimum Gasteiger partial charge on any atom is -0.494 e. The Morgan fingerprint density at radius 1 is 0.932 bits per heavy atom. The highest BCUT2D eigenvalue weighted by Gasteiger charge is 2.41. The standard InChI is InChI=1S/C32H43Cl2N3O7/c1-39-17-18-40-19-20-41-22-29-32(44-29)43-23-37-28-21-25(9-7-24(28)8-10-30(37)38)42-16-3-2-11-35-12-14-36(15-13-35)27-6-4-5-26(33)31(27)34/h4-10,21,29-30,32,38H,2-3,11-20,22-23H2,1H3. The van der Waals surface area contributed by atoms with Gasteiger partial charge in [-0.05, 0) is 55.3 Å². The number of hydrogen-bond acceptors (Lipinski definition) is 10. The Balaban J connectivity index is 0.985. The zero-order chi connectivity index (χ0) is 30.7. The summed E-state index contributed by atoms with van der Waals surface area (Å²) in [5.74, 6) is 0.768. The van der Waals surface area contributed by atoms with E-state index < -0.39 is 6.23 Å². The first-order valence-corrected chi connectivity index (χ1v) is 16.0. The van der Waals surface area contributed by atoms with E-state index in [1.165, 1.54) is 0 Å². The zero-order valence-electron chi connectivity index (χ0n) is 25.2. The second kappa shape index (κ2) is 17.0. The van der Waals surface area contributed by atoms with Gasteiger partial charge in [-0.25, -0.2) is 0 Å². The van der Waals surface area contributed by atoms with Crippen molar-refractivity contribution in [3.63, 3.8) is 0 Å². The Hall–Kier alpha value is -2.12. The number of aliphatic hydroxyl groups excluding tert-OH is 1. The van der Waals surface area contributed by atoms with Crippen LogP contribution in [-0.4, -0.2) is 115 Å². The van der Waals surface area contributed by atoms with Gasteiger partial charge in [0.1, 0.15) is 24.8 Å². The minimum atomic E-state index is -0.800. The average Bonchev–Trinajstić information content (AvgIpc) is 3.79. The van der Waals surface area contributed by atoms with Crippen LogP contribution in [0.3, 0.4) is 0 Å². The van der Waals surface area contributed by atoms with Crippen molar-refractivity contribution in [2.45, 2.75) is 31.5 Å². The summed E-state index contributed by atoms with van der Waals surface area (Å²) >= 11 is 12.6. The lowest BCUT2D eigenvalue weighted by Crippen LogP contribution is -2.46. The molecule has 3 heterocycles. The third-order valence-electron chi connectivity index (χ3n) is 7.86. The Morgan fingerprint density at radius 3 is 2.59 bits per heavy atom. The summed E-state index contributed by atoms with van der Waals surface area (Å²) in [5.41, 5.74) is 2.86. The van der Waals surface area contributed by atoms with Gasteiger partial charge in [0.15, 0.2) is 6.29 Å².